The molecule has 0 aromatic carbocycles. The maximum absolute atomic E-state index is 12.2. The SMILES string of the molecule is CCc1scc(C(F)(F)F)c1C. The molecular weight excluding hydrogens is 185 g/mol. The predicted molar refractivity (Wildman–Crippen MR) is 43.4 cm³/mol. The molecule has 1 aromatic heterocycles. The number of hydrogen-bond acceptors (Lipinski definition) is 1. The minimum atomic E-state index is -4.19. The van der Waals surface area contributed by atoms with E-state index in [0.29, 0.717) is 12.0 Å². The molecule has 0 aliphatic rings. The van der Waals surface area contributed by atoms with Gasteiger partial charge in [0, 0.05) is 10.3 Å². The summed E-state index contributed by atoms with van der Waals surface area (Å²) in [5.74, 6) is 0. The molecule has 0 saturated carbocycles. The first-order valence-corrected chi connectivity index (χ1v) is 4.49. The molecule has 1 rings (SSSR count). The first kappa shape index (κ1) is 9.58. The molecule has 0 atom stereocenters. The molecule has 0 amide bonds. The Bertz CT molecular complexity index is 272. The van der Waals surface area contributed by atoms with Crippen molar-refractivity contribution in [1.29, 1.82) is 0 Å². The maximum Gasteiger partial charge on any atom is 0.417 e. The molecule has 0 fully saturated rings. The van der Waals surface area contributed by atoms with E-state index >= 15 is 0 Å². The van der Waals surface area contributed by atoms with Crippen LogP contribution in [0.15, 0.2) is 5.38 Å². The molecule has 0 aliphatic carbocycles. The van der Waals surface area contributed by atoms with Gasteiger partial charge in [-0.15, -0.1) is 11.3 Å². The highest BCUT2D eigenvalue weighted by molar-refractivity contribution is 7.10. The highest BCUT2D eigenvalue weighted by Gasteiger charge is 2.33. The Balaban J connectivity index is 3.11. The second-order valence-electron chi connectivity index (χ2n) is 2.55. The molecule has 0 bridgehead atoms. The lowest BCUT2D eigenvalue weighted by molar-refractivity contribution is -0.137. The zero-order valence-corrected chi connectivity index (χ0v) is 7.64. The molecule has 68 valence electrons. The van der Waals surface area contributed by atoms with Crippen LogP contribution in [0, 0.1) is 6.92 Å². The summed E-state index contributed by atoms with van der Waals surface area (Å²) in [6, 6.07) is 0. The van der Waals surface area contributed by atoms with E-state index in [9.17, 15) is 13.2 Å². The van der Waals surface area contributed by atoms with E-state index in [-0.39, 0.29) is 0 Å². The Labute approximate surface area is 73.0 Å². The van der Waals surface area contributed by atoms with Gasteiger partial charge in [0.05, 0.1) is 5.56 Å². The Kier molecular flexibility index (Phi) is 2.46. The quantitative estimate of drug-likeness (QED) is 0.640. The van der Waals surface area contributed by atoms with Gasteiger partial charge in [-0.2, -0.15) is 13.2 Å². The average molecular weight is 194 g/mol. The van der Waals surface area contributed by atoms with Crippen molar-refractivity contribution in [2.75, 3.05) is 0 Å². The molecule has 0 radical (unpaired) electrons. The average Bonchev–Trinajstić information content (AvgIpc) is 2.29. The van der Waals surface area contributed by atoms with Crippen LogP contribution in [0.2, 0.25) is 0 Å². The van der Waals surface area contributed by atoms with Gasteiger partial charge in [-0.25, -0.2) is 0 Å². The van der Waals surface area contributed by atoms with Crippen LogP contribution in [0.3, 0.4) is 0 Å². The molecule has 1 heterocycles. The van der Waals surface area contributed by atoms with Crippen molar-refractivity contribution in [3.05, 3.63) is 21.4 Å². The zero-order valence-electron chi connectivity index (χ0n) is 6.83. The molecule has 0 unspecified atom stereocenters. The molecule has 4 heteroatoms. The normalized spacial score (nSPS) is 12.1. The van der Waals surface area contributed by atoms with Gasteiger partial charge in [-0.1, -0.05) is 6.92 Å². The molecular formula is C8H9F3S. The summed E-state index contributed by atoms with van der Waals surface area (Å²) in [6.07, 6.45) is -3.51. The van der Waals surface area contributed by atoms with Crippen LogP contribution < -0.4 is 0 Å². The van der Waals surface area contributed by atoms with Gasteiger partial charge < -0.3 is 0 Å². The van der Waals surface area contributed by atoms with E-state index in [4.69, 9.17) is 0 Å². The van der Waals surface area contributed by atoms with Gasteiger partial charge in [0.25, 0.3) is 0 Å². The van der Waals surface area contributed by atoms with Crippen molar-refractivity contribution in [3.8, 4) is 0 Å². The standard InChI is InChI=1S/C8H9F3S/c1-3-7-5(2)6(4-12-7)8(9,10)11/h4H,3H2,1-2H3. The van der Waals surface area contributed by atoms with E-state index in [0.717, 1.165) is 4.88 Å². The third kappa shape index (κ3) is 1.63. The number of hydrogen-bond donors (Lipinski definition) is 0. The highest BCUT2D eigenvalue weighted by atomic mass is 32.1. The molecule has 0 nitrogen and oxygen atoms in total. The van der Waals surface area contributed by atoms with Crippen LogP contribution in [0.4, 0.5) is 13.2 Å². The van der Waals surface area contributed by atoms with Crippen molar-refractivity contribution in [2.24, 2.45) is 0 Å². The second-order valence-corrected chi connectivity index (χ2v) is 3.51. The molecule has 0 aliphatic heterocycles. The van der Waals surface area contributed by atoms with Crippen LogP contribution in [0.5, 0.6) is 0 Å². The van der Waals surface area contributed by atoms with E-state index in [1.807, 2.05) is 6.92 Å². The van der Waals surface area contributed by atoms with Crippen molar-refractivity contribution < 1.29 is 13.2 Å². The molecule has 0 N–H and O–H groups in total. The van der Waals surface area contributed by atoms with Crippen LogP contribution in [-0.2, 0) is 12.6 Å². The third-order valence-electron chi connectivity index (χ3n) is 1.77. The topological polar surface area (TPSA) is 0 Å². The number of halogens is 3. The Hall–Kier alpha value is -0.510. The van der Waals surface area contributed by atoms with Crippen LogP contribution >= 0.6 is 11.3 Å². The zero-order chi connectivity index (χ0) is 9.35. The number of alkyl halides is 3. The molecule has 0 spiro atoms. The van der Waals surface area contributed by atoms with Gasteiger partial charge in [0.1, 0.15) is 0 Å². The fourth-order valence-electron chi connectivity index (χ4n) is 1.08. The van der Waals surface area contributed by atoms with E-state index < -0.39 is 11.7 Å². The van der Waals surface area contributed by atoms with Gasteiger partial charge in [-0.05, 0) is 18.9 Å². The van der Waals surface area contributed by atoms with Gasteiger partial charge in [0.15, 0.2) is 0 Å². The maximum atomic E-state index is 12.2. The monoisotopic (exact) mass is 194 g/mol. The summed E-state index contributed by atoms with van der Waals surface area (Å²) < 4.78 is 36.6. The van der Waals surface area contributed by atoms with Crippen molar-refractivity contribution in [3.63, 3.8) is 0 Å². The second kappa shape index (κ2) is 3.09. The fraction of sp³-hybridized carbons (Fsp3) is 0.500. The smallest absolute Gasteiger partial charge is 0.166 e. The van der Waals surface area contributed by atoms with Crippen molar-refractivity contribution in [2.45, 2.75) is 26.4 Å². The lowest BCUT2D eigenvalue weighted by atomic mass is 10.1. The van der Waals surface area contributed by atoms with E-state index in [2.05, 4.69) is 0 Å². The Morgan fingerprint density at radius 2 is 2.00 bits per heavy atom. The fourth-order valence-corrected chi connectivity index (χ4v) is 2.11. The van der Waals surface area contributed by atoms with E-state index in [1.54, 1.807) is 0 Å². The minimum Gasteiger partial charge on any atom is -0.166 e. The van der Waals surface area contributed by atoms with E-state index in [1.165, 1.54) is 23.6 Å². The van der Waals surface area contributed by atoms with Crippen molar-refractivity contribution in [1.82, 2.24) is 0 Å². The number of rotatable bonds is 1. The number of aryl methyl sites for hydroxylation is 1. The minimum absolute atomic E-state index is 0.384. The number of thiophene rings is 1. The van der Waals surface area contributed by atoms with Gasteiger partial charge in [0.2, 0.25) is 0 Å². The van der Waals surface area contributed by atoms with Gasteiger partial charge >= 0.3 is 6.18 Å². The summed E-state index contributed by atoms with van der Waals surface area (Å²) in [5, 5.41) is 1.19. The van der Waals surface area contributed by atoms with Crippen LogP contribution in [-0.4, -0.2) is 0 Å². The highest BCUT2D eigenvalue weighted by Crippen LogP contribution is 2.36. The predicted octanol–water partition coefficient (Wildman–Crippen LogP) is 3.64. The van der Waals surface area contributed by atoms with Crippen LogP contribution in [0.25, 0.3) is 0 Å². The summed E-state index contributed by atoms with van der Waals surface area (Å²) in [4.78, 5) is 0.822. The lowest BCUT2D eigenvalue weighted by Gasteiger charge is -2.05. The summed E-state index contributed by atoms with van der Waals surface area (Å²) in [6.45, 7) is 3.39. The third-order valence-corrected chi connectivity index (χ3v) is 3.00. The largest absolute Gasteiger partial charge is 0.417 e. The first-order chi connectivity index (χ1) is 5.46. The first-order valence-electron chi connectivity index (χ1n) is 3.61. The van der Waals surface area contributed by atoms with Crippen molar-refractivity contribution >= 4 is 11.3 Å². The van der Waals surface area contributed by atoms with Gasteiger partial charge in [-0.3, -0.25) is 0 Å². The Morgan fingerprint density at radius 1 is 1.42 bits per heavy atom. The summed E-state index contributed by atoms with van der Waals surface area (Å²) in [5.41, 5.74) is -0.0978. The molecule has 0 saturated heterocycles. The molecule has 1 aromatic rings. The van der Waals surface area contributed by atoms with Crippen LogP contribution in [0.1, 0.15) is 22.9 Å². The Morgan fingerprint density at radius 3 is 2.25 bits per heavy atom. The lowest BCUT2D eigenvalue weighted by Crippen LogP contribution is -2.05. The molecule has 12 heavy (non-hydrogen) atoms. The summed E-state index contributed by atoms with van der Waals surface area (Å²) in [7, 11) is 0. The summed E-state index contributed by atoms with van der Waals surface area (Å²) >= 11 is 1.18.